The smallest absolute Gasteiger partial charge is 0.189 e. The summed E-state index contributed by atoms with van der Waals surface area (Å²) in [5, 5.41) is 9.72. The van der Waals surface area contributed by atoms with Crippen LogP contribution in [-0.4, -0.2) is 18.0 Å². The molecule has 0 atom stereocenters. The van der Waals surface area contributed by atoms with Crippen molar-refractivity contribution in [2.75, 3.05) is 7.11 Å². The van der Waals surface area contributed by atoms with Crippen molar-refractivity contribution in [1.29, 1.82) is 0 Å². The molecule has 17 heavy (non-hydrogen) atoms. The molecular formula is C14H16O3. The minimum absolute atomic E-state index is 0.0671. The number of ether oxygens (including phenoxy) is 1. The Labute approximate surface area is 101 Å². The number of methoxy groups -OCH3 is 1. The van der Waals surface area contributed by atoms with Gasteiger partial charge in [-0.1, -0.05) is 18.2 Å². The van der Waals surface area contributed by atoms with E-state index in [1.165, 1.54) is 19.3 Å². The van der Waals surface area contributed by atoms with E-state index in [0.717, 1.165) is 5.56 Å². The molecule has 0 unspecified atom stereocenters. The number of rotatable bonds is 4. The number of aromatic hydroxyl groups is 1. The lowest BCUT2D eigenvalue weighted by atomic mass is 10.1. The fraction of sp³-hybridized carbons (Fsp3) is 0.214. The highest BCUT2D eigenvalue weighted by Gasteiger charge is 2.11. The van der Waals surface area contributed by atoms with E-state index in [9.17, 15) is 9.90 Å². The maximum atomic E-state index is 11.8. The van der Waals surface area contributed by atoms with Crippen LogP contribution in [0.15, 0.2) is 36.4 Å². The van der Waals surface area contributed by atoms with E-state index in [1.807, 2.05) is 19.9 Å². The molecule has 1 aromatic carbocycles. The number of phenolic OH excluding ortho intramolecular Hbond substituents is 1. The SMILES string of the molecule is CC=CC=CC(=O)c1cc(C)c(OC)cc1O. The van der Waals surface area contributed by atoms with Gasteiger partial charge in [-0.05, 0) is 31.6 Å². The number of hydrogen-bond donors (Lipinski definition) is 1. The van der Waals surface area contributed by atoms with Gasteiger partial charge in [0.05, 0.1) is 12.7 Å². The van der Waals surface area contributed by atoms with Crippen molar-refractivity contribution in [1.82, 2.24) is 0 Å². The molecule has 0 aliphatic heterocycles. The van der Waals surface area contributed by atoms with Crippen molar-refractivity contribution < 1.29 is 14.6 Å². The highest BCUT2D eigenvalue weighted by Crippen LogP contribution is 2.28. The Morgan fingerprint density at radius 2 is 2.06 bits per heavy atom. The zero-order valence-electron chi connectivity index (χ0n) is 10.2. The quantitative estimate of drug-likeness (QED) is 0.493. The normalized spacial score (nSPS) is 11.2. The van der Waals surface area contributed by atoms with E-state index in [4.69, 9.17) is 4.74 Å². The van der Waals surface area contributed by atoms with E-state index in [1.54, 1.807) is 18.2 Å². The minimum Gasteiger partial charge on any atom is -0.507 e. The lowest BCUT2D eigenvalue weighted by molar-refractivity contribution is 0.104. The van der Waals surface area contributed by atoms with Gasteiger partial charge in [0, 0.05) is 6.07 Å². The summed E-state index contributed by atoms with van der Waals surface area (Å²) >= 11 is 0. The van der Waals surface area contributed by atoms with Crippen LogP contribution >= 0.6 is 0 Å². The summed E-state index contributed by atoms with van der Waals surface area (Å²) in [4.78, 5) is 11.8. The van der Waals surface area contributed by atoms with E-state index in [0.29, 0.717) is 5.75 Å². The number of phenols is 1. The van der Waals surface area contributed by atoms with Gasteiger partial charge in [0.2, 0.25) is 0 Å². The lowest BCUT2D eigenvalue weighted by Gasteiger charge is -2.07. The van der Waals surface area contributed by atoms with Crippen LogP contribution in [0.5, 0.6) is 11.5 Å². The molecule has 0 spiro atoms. The molecule has 0 aliphatic rings. The zero-order chi connectivity index (χ0) is 12.8. The fourth-order valence-electron chi connectivity index (χ4n) is 1.44. The molecule has 1 aromatic rings. The number of hydrogen-bond acceptors (Lipinski definition) is 3. The number of aryl methyl sites for hydroxylation is 1. The molecule has 0 aromatic heterocycles. The molecule has 0 fully saturated rings. The van der Waals surface area contributed by atoms with E-state index >= 15 is 0 Å². The van der Waals surface area contributed by atoms with Crippen LogP contribution in [-0.2, 0) is 0 Å². The van der Waals surface area contributed by atoms with Gasteiger partial charge in [-0.2, -0.15) is 0 Å². The van der Waals surface area contributed by atoms with Crippen molar-refractivity contribution in [3.63, 3.8) is 0 Å². The predicted molar refractivity (Wildman–Crippen MR) is 67.7 cm³/mol. The Balaban J connectivity index is 3.06. The van der Waals surface area contributed by atoms with Crippen LogP contribution in [0.25, 0.3) is 0 Å². The summed E-state index contributed by atoms with van der Waals surface area (Å²) in [6.07, 6.45) is 6.64. The third-order valence-corrected chi connectivity index (χ3v) is 2.33. The summed E-state index contributed by atoms with van der Waals surface area (Å²) in [6, 6.07) is 3.07. The van der Waals surface area contributed by atoms with Gasteiger partial charge in [-0.15, -0.1) is 0 Å². The number of ketones is 1. The largest absolute Gasteiger partial charge is 0.507 e. The third kappa shape index (κ3) is 3.21. The van der Waals surface area contributed by atoms with Gasteiger partial charge in [0.1, 0.15) is 11.5 Å². The average Bonchev–Trinajstić information content (AvgIpc) is 2.31. The predicted octanol–water partition coefficient (Wildman–Crippen LogP) is 3.02. The highest BCUT2D eigenvalue weighted by molar-refractivity contribution is 6.06. The fourth-order valence-corrected chi connectivity index (χ4v) is 1.44. The van der Waals surface area contributed by atoms with Crippen LogP contribution < -0.4 is 4.74 Å². The Hall–Kier alpha value is -2.03. The number of carbonyl (C=O) groups is 1. The van der Waals surface area contributed by atoms with Crippen LogP contribution in [0.4, 0.5) is 0 Å². The molecule has 0 heterocycles. The number of allylic oxidation sites excluding steroid dienone is 4. The third-order valence-electron chi connectivity index (χ3n) is 2.33. The molecule has 0 amide bonds. The summed E-state index contributed by atoms with van der Waals surface area (Å²) in [7, 11) is 1.52. The maximum absolute atomic E-state index is 11.8. The topological polar surface area (TPSA) is 46.5 Å². The van der Waals surface area contributed by atoms with Crippen LogP contribution in [0, 0.1) is 6.92 Å². The minimum atomic E-state index is -0.230. The first-order valence-corrected chi connectivity index (χ1v) is 5.31. The van der Waals surface area contributed by atoms with Gasteiger partial charge < -0.3 is 9.84 Å². The van der Waals surface area contributed by atoms with Crippen LogP contribution in [0.2, 0.25) is 0 Å². The Bertz CT molecular complexity index is 471. The molecule has 0 saturated carbocycles. The van der Waals surface area contributed by atoms with Crippen LogP contribution in [0.1, 0.15) is 22.8 Å². The molecule has 3 nitrogen and oxygen atoms in total. The average molecular weight is 232 g/mol. The van der Waals surface area contributed by atoms with E-state index < -0.39 is 0 Å². The first-order valence-electron chi connectivity index (χ1n) is 5.31. The maximum Gasteiger partial charge on any atom is 0.189 e. The van der Waals surface area contributed by atoms with Crippen molar-refractivity contribution in [2.45, 2.75) is 13.8 Å². The zero-order valence-corrected chi connectivity index (χ0v) is 10.2. The molecule has 1 rings (SSSR count). The van der Waals surface area contributed by atoms with E-state index in [2.05, 4.69) is 0 Å². The second-order valence-electron chi connectivity index (χ2n) is 3.59. The highest BCUT2D eigenvalue weighted by atomic mass is 16.5. The van der Waals surface area contributed by atoms with Crippen molar-refractivity contribution in [3.8, 4) is 11.5 Å². The first-order chi connectivity index (χ1) is 8.10. The molecule has 90 valence electrons. The number of carbonyl (C=O) groups excluding carboxylic acids is 1. The second-order valence-corrected chi connectivity index (χ2v) is 3.59. The van der Waals surface area contributed by atoms with Crippen molar-refractivity contribution in [3.05, 3.63) is 47.6 Å². The summed E-state index contributed by atoms with van der Waals surface area (Å²) in [5.41, 5.74) is 1.09. The summed E-state index contributed by atoms with van der Waals surface area (Å²) in [5.74, 6) is 0.269. The molecule has 0 aliphatic carbocycles. The summed E-state index contributed by atoms with van der Waals surface area (Å²) in [6.45, 7) is 3.69. The molecule has 3 heteroatoms. The molecule has 0 radical (unpaired) electrons. The first kappa shape index (κ1) is 13.0. The molecule has 0 saturated heterocycles. The number of benzene rings is 1. The lowest BCUT2D eigenvalue weighted by Crippen LogP contribution is -1.97. The molecule has 0 bridgehead atoms. The van der Waals surface area contributed by atoms with Crippen LogP contribution in [0.3, 0.4) is 0 Å². The second kappa shape index (κ2) is 5.89. The standard InChI is InChI=1S/C14H16O3/c1-4-5-6-7-12(15)11-8-10(2)14(17-3)9-13(11)16/h4-9,16H,1-3H3. The van der Waals surface area contributed by atoms with Gasteiger partial charge in [-0.3, -0.25) is 4.79 Å². The molecule has 1 N–H and O–H groups in total. The Morgan fingerprint density at radius 3 is 2.65 bits per heavy atom. The Kier molecular flexibility index (Phi) is 4.52. The monoisotopic (exact) mass is 232 g/mol. The van der Waals surface area contributed by atoms with Crippen molar-refractivity contribution >= 4 is 5.78 Å². The van der Waals surface area contributed by atoms with Gasteiger partial charge in [-0.25, -0.2) is 0 Å². The Morgan fingerprint density at radius 1 is 1.35 bits per heavy atom. The molecular weight excluding hydrogens is 216 g/mol. The van der Waals surface area contributed by atoms with Gasteiger partial charge in [0.15, 0.2) is 5.78 Å². The van der Waals surface area contributed by atoms with E-state index in [-0.39, 0.29) is 17.1 Å². The van der Waals surface area contributed by atoms with Crippen molar-refractivity contribution in [2.24, 2.45) is 0 Å². The summed E-state index contributed by atoms with van der Waals surface area (Å²) < 4.78 is 5.06. The van der Waals surface area contributed by atoms with Gasteiger partial charge >= 0.3 is 0 Å². The van der Waals surface area contributed by atoms with Gasteiger partial charge in [0.25, 0.3) is 0 Å².